The zero-order chi connectivity index (χ0) is 16.2. The molecule has 0 N–H and O–H groups in total. The molecule has 1 heterocycles. The summed E-state index contributed by atoms with van der Waals surface area (Å²) >= 11 is 0. The third kappa shape index (κ3) is 4.14. The summed E-state index contributed by atoms with van der Waals surface area (Å²) in [6, 6.07) is 6.45. The molecular weight excluding hydrogens is 342 g/mol. The topological polar surface area (TPSA) is 38.8 Å². The molecule has 24 heavy (non-hydrogen) atoms. The summed E-state index contributed by atoms with van der Waals surface area (Å²) in [6.45, 7) is 3.23. The molecule has 0 amide bonds. The number of benzene rings is 1. The van der Waals surface area contributed by atoms with Gasteiger partial charge in [-0.05, 0) is 44.1 Å². The van der Waals surface area contributed by atoms with E-state index in [1.54, 1.807) is 14.2 Å². The zero-order valence-corrected chi connectivity index (χ0v) is 16.8. The van der Waals surface area contributed by atoms with Crippen LogP contribution in [0.1, 0.15) is 38.2 Å². The molecule has 0 bridgehead atoms. The van der Waals surface area contributed by atoms with Crippen LogP contribution in [-0.4, -0.2) is 45.0 Å². The largest absolute Gasteiger partial charge is 0.493 e. The van der Waals surface area contributed by atoms with Gasteiger partial charge in [0.05, 0.1) is 14.2 Å². The van der Waals surface area contributed by atoms with Crippen molar-refractivity contribution in [1.82, 2.24) is 4.90 Å². The van der Waals surface area contributed by atoms with Gasteiger partial charge in [0.2, 0.25) is 0 Å². The maximum absolute atomic E-state index is 11.2. The van der Waals surface area contributed by atoms with Crippen LogP contribution in [0.3, 0.4) is 0 Å². The van der Waals surface area contributed by atoms with Gasteiger partial charge in [-0.15, -0.1) is 0 Å². The van der Waals surface area contributed by atoms with Crippen LogP contribution in [0.15, 0.2) is 18.2 Å². The predicted octanol–water partition coefficient (Wildman–Crippen LogP) is 3.48. The van der Waals surface area contributed by atoms with Crippen LogP contribution in [-0.2, 0) is 27.6 Å². The summed E-state index contributed by atoms with van der Waals surface area (Å²) in [5.74, 6) is 1.51. The number of aldehydes is 1. The molecule has 5 heteroatoms. The van der Waals surface area contributed by atoms with Crippen molar-refractivity contribution in [1.29, 1.82) is 0 Å². The first kappa shape index (κ1) is 23.0. The maximum Gasteiger partial charge on any atom is 0.161 e. The van der Waals surface area contributed by atoms with Gasteiger partial charge in [0.1, 0.15) is 6.29 Å². The zero-order valence-electron chi connectivity index (χ0n) is 15.5. The first-order chi connectivity index (χ1) is 10.6. The van der Waals surface area contributed by atoms with E-state index in [0.29, 0.717) is 6.42 Å². The van der Waals surface area contributed by atoms with E-state index in [1.165, 1.54) is 5.56 Å². The Hall–Kier alpha value is -1.02. The van der Waals surface area contributed by atoms with Crippen LogP contribution in [0.5, 0.6) is 11.5 Å². The number of nitrogens with zero attached hydrogens (tertiary/aromatic N) is 1. The quantitative estimate of drug-likeness (QED) is 0.543. The summed E-state index contributed by atoms with van der Waals surface area (Å²) < 4.78 is 10.8. The second kappa shape index (κ2) is 10.1. The average molecular weight is 372 g/mol. The molecule has 2 rings (SSSR count). The van der Waals surface area contributed by atoms with Gasteiger partial charge in [0.25, 0.3) is 0 Å². The Morgan fingerprint density at radius 1 is 1.29 bits per heavy atom. The molecular formula is C19H30CrNO3-. The van der Waals surface area contributed by atoms with Crippen molar-refractivity contribution in [3.63, 3.8) is 0 Å². The molecule has 1 aromatic rings. The number of hydrogen-bond acceptors (Lipinski definition) is 4. The number of ether oxygens (including phenoxy) is 2. The van der Waals surface area contributed by atoms with E-state index in [1.807, 2.05) is 6.07 Å². The van der Waals surface area contributed by atoms with Gasteiger partial charge in [-0.1, -0.05) is 19.4 Å². The van der Waals surface area contributed by atoms with Crippen LogP contribution in [0.4, 0.5) is 0 Å². The van der Waals surface area contributed by atoms with Crippen molar-refractivity contribution in [3.8, 4) is 11.5 Å². The van der Waals surface area contributed by atoms with Crippen LogP contribution in [0.2, 0.25) is 0 Å². The van der Waals surface area contributed by atoms with Gasteiger partial charge in [-0.3, -0.25) is 0 Å². The number of methoxy groups -OCH3 is 2. The summed E-state index contributed by atoms with van der Waals surface area (Å²) in [7, 11) is 5.43. The van der Waals surface area contributed by atoms with Crippen LogP contribution in [0.25, 0.3) is 0 Å². The molecule has 2 atom stereocenters. The number of hydrogen-bond donors (Lipinski definition) is 0. The molecule has 1 unspecified atom stereocenters. The predicted molar refractivity (Wildman–Crippen MR) is 94.3 cm³/mol. The molecule has 4 nitrogen and oxygen atoms in total. The molecule has 0 aromatic heterocycles. The van der Waals surface area contributed by atoms with Crippen molar-refractivity contribution in [3.05, 3.63) is 31.2 Å². The monoisotopic (exact) mass is 372 g/mol. The van der Waals surface area contributed by atoms with Gasteiger partial charge in [-0.25, -0.2) is 0 Å². The standard InChI is InChI=1S/C18H27NO3.CH3.Cr/c1-5-9-18(10-11-19(2)17(18)8-12-20)14-6-7-15(21-3)16(13-14)22-4;;/h6-7,12-13,17H,5,8-11H2,1-4H3;1H3;/q;-1;/t17?,18-;;/m0../s1. The van der Waals surface area contributed by atoms with Crippen molar-refractivity contribution in [2.75, 3.05) is 27.8 Å². The van der Waals surface area contributed by atoms with Gasteiger partial charge >= 0.3 is 0 Å². The van der Waals surface area contributed by atoms with Crippen molar-refractivity contribution in [2.45, 2.75) is 44.1 Å². The Bertz CT molecular complexity index is 519. The molecule has 0 spiro atoms. The SMILES string of the molecule is CCC[C@@]1(c2ccc(OC)c(OC)c2)CCN(C)C1CC=O.[CH3-].[Cr]. The molecule has 0 saturated carbocycles. The van der Waals surface area contributed by atoms with Crippen LogP contribution >= 0.6 is 0 Å². The van der Waals surface area contributed by atoms with E-state index in [0.717, 1.165) is 43.6 Å². The Labute approximate surface area is 157 Å². The molecule has 136 valence electrons. The summed E-state index contributed by atoms with van der Waals surface area (Å²) in [5, 5.41) is 0. The van der Waals surface area contributed by atoms with Gasteiger partial charge < -0.3 is 26.6 Å². The second-order valence-corrected chi connectivity index (χ2v) is 6.12. The van der Waals surface area contributed by atoms with Crippen molar-refractivity contribution >= 4 is 6.29 Å². The van der Waals surface area contributed by atoms with Crippen molar-refractivity contribution in [2.24, 2.45) is 0 Å². The molecule has 0 aliphatic carbocycles. The van der Waals surface area contributed by atoms with E-state index in [-0.39, 0.29) is 36.2 Å². The summed E-state index contributed by atoms with van der Waals surface area (Å²) in [5.41, 5.74) is 1.27. The van der Waals surface area contributed by atoms with E-state index in [2.05, 4.69) is 31.0 Å². The first-order valence-electron chi connectivity index (χ1n) is 7.99. The van der Waals surface area contributed by atoms with E-state index >= 15 is 0 Å². The van der Waals surface area contributed by atoms with E-state index in [9.17, 15) is 4.79 Å². The fraction of sp³-hybridized carbons (Fsp3) is 0.579. The minimum atomic E-state index is 0. The Kier molecular flexibility index (Phi) is 9.65. The fourth-order valence-corrected chi connectivity index (χ4v) is 3.98. The number of carbonyl (C=O) groups excluding carboxylic acids is 1. The van der Waals surface area contributed by atoms with Gasteiger partial charge in [0, 0.05) is 35.2 Å². The minimum Gasteiger partial charge on any atom is -0.493 e. The third-order valence-electron chi connectivity index (χ3n) is 5.05. The summed E-state index contributed by atoms with van der Waals surface area (Å²) in [4.78, 5) is 13.5. The third-order valence-corrected chi connectivity index (χ3v) is 5.05. The first-order valence-corrected chi connectivity index (χ1v) is 7.99. The molecule has 1 fully saturated rings. The molecule has 0 radical (unpaired) electrons. The molecule has 1 saturated heterocycles. The van der Waals surface area contributed by atoms with Gasteiger partial charge in [0.15, 0.2) is 11.5 Å². The summed E-state index contributed by atoms with van der Waals surface area (Å²) in [6.07, 6.45) is 4.87. The molecule has 1 aromatic carbocycles. The molecule has 1 aliphatic rings. The second-order valence-electron chi connectivity index (χ2n) is 6.12. The number of likely N-dealkylation sites (tertiary alicyclic amines) is 1. The normalized spacial score (nSPS) is 23.1. The van der Waals surface area contributed by atoms with E-state index < -0.39 is 0 Å². The fourth-order valence-electron chi connectivity index (χ4n) is 3.98. The molecule has 1 aliphatic heterocycles. The van der Waals surface area contributed by atoms with Crippen LogP contribution < -0.4 is 9.47 Å². The van der Waals surface area contributed by atoms with Crippen LogP contribution in [0, 0.1) is 7.43 Å². The number of rotatable bonds is 7. The van der Waals surface area contributed by atoms with Gasteiger partial charge in [-0.2, -0.15) is 0 Å². The number of likely N-dealkylation sites (N-methyl/N-ethyl adjacent to an activating group) is 1. The van der Waals surface area contributed by atoms with Crippen molar-refractivity contribution < 1.29 is 31.6 Å². The van der Waals surface area contributed by atoms with E-state index in [4.69, 9.17) is 9.47 Å². The maximum atomic E-state index is 11.2. The average Bonchev–Trinajstić information content (AvgIpc) is 2.85. The Balaban J connectivity index is 0.00000264. The Morgan fingerprint density at radius 3 is 2.50 bits per heavy atom. The Morgan fingerprint density at radius 2 is 1.96 bits per heavy atom. The smallest absolute Gasteiger partial charge is 0.161 e. The minimum absolute atomic E-state index is 0. The number of carbonyl (C=O) groups is 1.